The molecule has 3 aromatic rings. The lowest BCUT2D eigenvalue weighted by atomic mass is 9.91. The second-order valence-corrected chi connectivity index (χ2v) is 11.5. The summed E-state index contributed by atoms with van der Waals surface area (Å²) in [6.07, 6.45) is 7.16. The summed E-state index contributed by atoms with van der Waals surface area (Å²) in [6.45, 7) is 1.89. The van der Waals surface area contributed by atoms with Crippen molar-refractivity contribution in [3.8, 4) is 0 Å². The molecule has 0 saturated carbocycles. The molecule has 0 fully saturated rings. The second kappa shape index (κ2) is 14.8. The average molecular weight is 604 g/mol. The van der Waals surface area contributed by atoms with Gasteiger partial charge in [-0.3, -0.25) is 28.5 Å². The first kappa shape index (κ1) is 30.9. The van der Waals surface area contributed by atoms with Crippen molar-refractivity contribution in [3.05, 3.63) is 65.5 Å². The molecule has 4 amide bonds. The van der Waals surface area contributed by atoms with Gasteiger partial charge in [-0.1, -0.05) is 30.3 Å². The minimum absolute atomic E-state index is 0.0413. The van der Waals surface area contributed by atoms with Crippen molar-refractivity contribution in [2.45, 2.75) is 64.0 Å². The van der Waals surface area contributed by atoms with Crippen LogP contribution in [0, 0.1) is 0 Å². The van der Waals surface area contributed by atoms with E-state index in [4.69, 9.17) is 0 Å². The molecule has 0 radical (unpaired) electrons. The summed E-state index contributed by atoms with van der Waals surface area (Å²) in [5, 5.41) is 14.6. The zero-order chi connectivity index (χ0) is 30.9. The van der Waals surface area contributed by atoms with Gasteiger partial charge in [-0.25, -0.2) is 4.98 Å². The van der Waals surface area contributed by atoms with Crippen LogP contribution in [0.25, 0.3) is 0 Å². The van der Waals surface area contributed by atoms with Crippen LogP contribution in [0.15, 0.2) is 43.0 Å². The van der Waals surface area contributed by atoms with Crippen LogP contribution in [0.5, 0.6) is 0 Å². The Kier molecular flexibility index (Phi) is 10.4. The highest BCUT2D eigenvalue weighted by molar-refractivity contribution is 5.94. The van der Waals surface area contributed by atoms with Crippen LogP contribution in [0.1, 0.15) is 59.4 Å². The number of amides is 4. The molecule has 5 rings (SSSR count). The Hall–Kier alpha value is -4.55. The molecule has 1 aliphatic heterocycles. The van der Waals surface area contributed by atoms with Gasteiger partial charge < -0.3 is 20.4 Å². The lowest BCUT2D eigenvalue weighted by Crippen LogP contribution is -2.46. The second-order valence-electron chi connectivity index (χ2n) is 11.5. The first-order valence-electron chi connectivity index (χ1n) is 15.4. The van der Waals surface area contributed by atoms with Gasteiger partial charge in [0.1, 0.15) is 12.7 Å². The third-order valence-corrected chi connectivity index (χ3v) is 8.32. The molecule has 2 N–H and O–H groups in total. The van der Waals surface area contributed by atoms with Crippen LogP contribution in [-0.4, -0.2) is 96.7 Å². The Morgan fingerprint density at radius 2 is 1.91 bits per heavy atom. The third-order valence-electron chi connectivity index (χ3n) is 8.32. The Labute approximate surface area is 257 Å². The van der Waals surface area contributed by atoms with Gasteiger partial charge in [0, 0.05) is 69.9 Å². The summed E-state index contributed by atoms with van der Waals surface area (Å²) in [4.78, 5) is 60.4. The number of hydrogen-bond donors (Lipinski definition) is 2. The normalized spacial score (nSPS) is 18.5. The number of nitrogens with zero attached hydrogens (tertiary/aromatic N) is 7. The summed E-state index contributed by atoms with van der Waals surface area (Å²) in [6, 6.07) is 9.74. The van der Waals surface area contributed by atoms with E-state index < -0.39 is 0 Å². The number of nitrogens with one attached hydrogen (secondary N) is 2. The smallest absolute Gasteiger partial charge is 0.272 e. The largest absolute Gasteiger partial charge is 0.351 e. The Morgan fingerprint density at radius 1 is 1.07 bits per heavy atom. The molecule has 1 aromatic carbocycles. The molecular weight excluding hydrogens is 562 g/mol. The van der Waals surface area contributed by atoms with Crippen molar-refractivity contribution in [1.29, 1.82) is 0 Å². The van der Waals surface area contributed by atoms with E-state index in [1.54, 1.807) is 25.5 Å². The highest BCUT2D eigenvalue weighted by Gasteiger charge is 2.30. The molecule has 13 heteroatoms. The number of rotatable bonds is 7. The third kappa shape index (κ3) is 8.08. The van der Waals surface area contributed by atoms with Gasteiger partial charge in [-0.05, 0) is 44.1 Å². The zero-order valence-electron chi connectivity index (χ0n) is 25.3. The monoisotopic (exact) mass is 603 g/mol. The zero-order valence-corrected chi connectivity index (χ0v) is 25.3. The van der Waals surface area contributed by atoms with E-state index in [0.29, 0.717) is 70.4 Å². The van der Waals surface area contributed by atoms with E-state index in [2.05, 4.69) is 25.8 Å². The van der Waals surface area contributed by atoms with E-state index >= 15 is 0 Å². The Morgan fingerprint density at radius 3 is 2.70 bits per heavy atom. The molecule has 44 heavy (non-hydrogen) atoms. The first-order valence-corrected chi connectivity index (χ1v) is 15.4. The molecule has 1 aliphatic carbocycles. The minimum Gasteiger partial charge on any atom is -0.351 e. The molecule has 1 atom stereocenters. The van der Waals surface area contributed by atoms with Crippen LogP contribution in [0.4, 0.5) is 0 Å². The fraction of sp³-hybridized carbons (Fsp3) is 0.516. The van der Waals surface area contributed by atoms with Gasteiger partial charge in [-0.15, -0.1) is 0 Å². The van der Waals surface area contributed by atoms with Gasteiger partial charge in [-0.2, -0.15) is 10.2 Å². The fourth-order valence-electron chi connectivity index (χ4n) is 5.97. The van der Waals surface area contributed by atoms with Gasteiger partial charge in [0.05, 0.1) is 6.54 Å². The highest BCUT2D eigenvalue weighted by atomic mass is 16.2. The van der Waals surface area contributed by atoms with Crippen LogP contribution in [0.3, 0.4) is 0 Å². The SMILES string of the molecule is Cn1nc2c3c1CCC(C3)NC(=O)CN(CCc1ccccc1)C(=O)CCCN(C(=O)CCCn1cncn1)CCNC2=O. The molecule has 1 unspecified atom stereocenters. The van der Waals surface area contributed by atoms with Crippen molar-refractivity contribution in [2.75, 3.05) is 32.7 Å². The number of hydrogen-bond acceptors (Lipinski definition) is 7. The number of aryl methyl sites for hydroxylation is 2. The first-order chi connectivity index (χ1) is 21.4. The van der Waals surface area contributed by atoms with E-state index in [1.807, 2.05) is 37.4 Å². The molecule has 0 spiro atoms. The van der Waals surface area contributed by atoms with E-state index in [-0.39, 0.29) is 49.2 Å². The quantitative estimate of drug-likeness (QED) is 0.408. The van der Waals surface area contributed by atoms with Gasteiger partial charge >= 0.3 is 0 Å². The molecule has 2 aromatic heterocycles. The molecule has 2 bridgehead atoms. The number of carbonyl (C=O) groups excluding carboxylic acids is 4. The maximum atomic E-state index is 13.4. The molecule has 2 aliphatic rings. The van der Waals surface area contributed by atoms with Crippen molar-refractivity contribution < 1.29 is 19.2 Å². The van der Waals surface area contributed by atoms with E-state index in [1.165, 1.54) is 6.33 Å². The highest BCUT2D eigenvalue weighted by Crippen LogP contribution is 2.24. The summed E-state index contributed by atoms with van der Waals surface area (Å²) in [5.41, 5.74) is 3.27. The summed E-state index contributed by atoms with van der Waals surface area (Å²) in [5.74, 6) is -0.682. The number of carbonyl (C=O) groups is 4. The van der Waals surface area contributed by atoms with Crippen LogP contribution in [-0.2, 0) is 47.2 Å². The average Bonchev–Trinajstić information content (AvgIpc) is 3.66. The summed E-state index contributed by atoms with van der Waals surface area (Å²) >= 11 is 0. The maximum absolute atomic E-state index is 13.4. The molecule has 3 heterocycles. The van der Waals surface area contributed by atoms with Crippen molar-refractivity contribution in [1.82, 2.24) is 45.0 Å². The topological polar surface area (TPSA) is 147 Å². The molecular formula is C31H41N9O4. The predicted molar refractivity (Wildman–Crippen MR) is 161 cm³/mol. The molecule has 234 valence electrons. The van der Waals surface area contributed by atoms with Gasteiger partial charge in [0.2, 0.25) is 17.7 Å². The van der Waals surface area contributed by atoms with Crippen LogP contribution >= 0.6 is 0 Å². The van der Waals surface area contributed by atoms with Crippen molar-refractivity contribution >= 4 is 23.6 Å². The minimum atomic E-state index is -0.293. The van der Waals surface area contributed by atoms with E-state index in [0.717, 1.165) is 23.2 Å². The van der Waals surface area contributed by atoms with Crippen molar-refractivity contribution in [2.24, 2.45) is 7.05 Å². The standard InChI is InChI=1S/C31H41N9O4/c1-37-26-12-11-24-19-25(26)30(36-37)31(44)33-14-18-38(28(42)10-6-16-40-22-32-21-34-40)15-5-9-29(43)39(20-27(41)35-24)17-13-23-7-3-2-4-8-23/h2-4,7-8,21-22,24H,5-6,9-20H2,1H3,(H,33,44)(H,35,41). The molecule has 0 saturated heterocycles. The van der Waals surface area contributed by atoms with Crippen molar-refractivity contribution in [3.63, 3.8) is 0 Å². The number of benzene rings is 1. The Balaban J connectivity index is 1.31. The predicted octanol–water partition coefficient (Wildman–Crippen LogP) is 0.889. The summed E-state index contributed by atoms with van der Waals surface area (Å²) in [7, 11) is 1.83. The van der Waals surface area contributed by atoms with E-state index in [9.17, 15) is 19.2 Å². The van der Waals surface area contributed by atoms with Crippen LogP contribution in [0.2, 0.25) is 0 Å². The lowest BCUT2D eigenvalue weighted by molar-refractivity contribution is -0.137. The fourth-order valence-corrected chi connectivity index (χ4v) is 5.97. The number of fused-ring (bicyclic) bond motifs is 1. The number of aromatic nitrogens is 5. The van der Waals surface area contributed by atoms with Gasteiger partial charge in [0.25, 0.3) is 5.91 Å². The molecule has 13 nitrogen and oxygen atoms in total. The van der Waals surface area contributed by atoms with Crippen LogP contribution < -0.4 is 10.6 Å². The lowest BCUT2D eigenvalue weighted by Gasteiger charge is -2.27. The summed E-state index contributed by atoms with van der Waals surface area (Å²) < 4.78 is 3.43. The van der Waals surface area contributed by atoms with Gasteiger partial charge in [0.15, 0.2) is 5.69 Å². The Bertz CT molecular complexity index is 1440. The maximum Gasteiger partial charge on any atom is 0.272 e.